The van der Waals surface area contributed by atoms with Crippen LogP contribution in [0.25, 0.3) is 0 Å². The van der Waals surface area contributed by atoms with Crippen LogP contribution in [0.5, 0.6) is 6.01 Å². The van der Waals surface area contributed by atoms with Gasteiger partial charge in [0.2, 0.25) is 0 Å². The summed E-state index contributed by atoms with van der Waals surface area (Å²) in [5.41, 5.74) is -0.172. The first-order valence-corrected chi connectivity index (χ1v) is 11.4. The standard InChI is InChI=1S/C22H33BN2O8/c1-19(2)20(3,4)33-23(32-19)12-9-24-18(25-10-12)28-15-14(13-11-26-21(5,6)29-13)27-17-16(15)30-22(7,8)31-17/h9-10,13-17H,11H2,1-8H3/t13?,14-,15+,16-,17-/m1/s1. The number of nitrogens with zero attached hydrogens (tertiary/aromatic N) is 2. The molecule has 4 saturated heterocycles. The third-order valence-corrected chi connectivity index (χ3v) is 6.84. The van der Waals surface area contributed by atoms with Crippen molar-refractivity contribution in [2.75, 3.05) is 6.61 Å². The average Bonchev–Trinajstić information content (AvgIpc) is 3.36. The van der Waals surface area contributed by atoms with E-state index < -0.39 is 54.5 Å². The van der Waals surface area contributed by atoms with E-state index in [0.29, 0.717) is 12.1 Å². The summed E-state index contributed by atoms with van der Waals surface area (Å²) in [7, 11) is -0.547. The summed E-state index contributed by atoms with van der Waals surface area (Å²) >= 11 is 0. The molecule has 10 nitrogen and oxygen atoms in total. The molecule has 0 aromatic carbocycles. The van der Waals surface area contributed by atoms with Crippen molar-refractivity contribution in [2.24, 2.45) is 0 Å². The predicted molar refractivity (Wildman–Crippen MR) is 116 cm³/mol. The van der Waals surface area contributed by atoms with Crippen LogP contribution in [-0.4, -0.2) is 77.2 Å². The maximum atomic E-state index is 6.21. The zero-order valence-corrected chi connectivity index (χ0v) is 20.5. The fourth-order valence-electron chi connectivity index (χ4n) is 4.42. The van der Waals surface area contributed by atoms with E-state index in [1.54, 1.807) is 12.4 Å². The maximum Gasteiger partial charge on any atom is 0.498 e. The predicted octanol–water partition coefficient (Wildman–Crippen LogP) is 1.55. The van der Waals surface area contributed by atoms with Crippen LogP contribution in [0.15, 0.2) is 12.4 Å². The Morgan fingerprint density at radius 1 is 0.848 bits per heavy atom. The van der Waals surface area contributed by atoms with Crippen LogP contribution in [0.1, 0.15) is 55.4 Å². The van der Waals surface area contributed by atoms with Crippen molar-refractivity contribution in [3.63, 3.8) is 0 Å². The lowest BCUT2D eigenvalue weighted by atomic mass is 9.81. The van der Waals surface area contributed by atoms with Crippen molar-refractivity contribution >= 4 is 12.6 Å². The van der Waals surface area contributed by atoms with Crippen LogP contribution in [0.4, 0.5) is 0 Å². The first-order valence-electron chi connectivity index (χ1n) is 11.4. The zero-order chi connectivity index (χ0) is 23.8. The molecule has 4 aliphatic heterocycles. The van der Waals surface area contributed by atoms with Crippen LogP contribution < -0.4 is 10.2 Å². The molecule has 4 fully saturated rings. The molecule has 11 heteroatoms. The van der Waals surface area contributed by atoms with Gasteiger partial charge >= 0.3 is 13.1 Å². The van der Waals surface area contributed by atoms with Crippen molar-refractivity contribution in [3.05, 3.63) is 12.4 Å². The Bertz CT molecular complexity index is 877. The number of ether oxygens (including phenoxy) is 6. The fourth-order valence-corrected chi connectivity index (χ4v) is 4.42. The van der Waals surface area contributed by atoms with Gasteiger partial charge in [0.25, 0.3) is 0 Å². The molecule has 4 aliphatic rings. The van der Waals surface area contributed by atoms with Crippen LogP contribution >= 0.6 is 0 Å². The van der Waals surface area contributed by atoms with E-state index in [1.165, 1.54) is 0 Å². The lowest BCUT2D eigenvalue weighted by Gasteiger charge is -2.32. The van der Waals surface area contributed by atoms with Gasteiger partial charge in [-0.15, -0.1) is 0 Å². The van der Waals surface area contributed by atoms with Gasteiger partial charge in [-0.2, -0.15) is 0 Å². The first kappa shape index (κ1) is 23.4. The summed E-state index contributed by atoms with van der Waals surface area (Å²) < 4.78 is 48.3. The molecular weight excluding hydrogens is 431 g/mol. The number of rotatable bonds is 4. The molecule has 33 heavy (non-hydrogen) atoms. The molecule has 0 N–H and O–H groups in total. The minimum absolute atomic E-state index is 0.195. The van der Waals surface area contributed by atoms with E-state index >= 15 is 0 Å². The van der Waals surface area contributed by atoms with Gasteiger partial charge in [0.1, 0.15) is 12.2 Å². The summed E-state index contributed by atoms with van der Waals surface area (Å²) in [6.45, 7) is 15.8. The van der Waals surface area contributed by atoms with Gasteiger partial charge in [-0.3, -0.25) is 0 Å². The van der Waals surface area contributed by atoms with Crippen LogP contribution in [0.2, 0.25) is 0 Å². The zero-order valence-electron chi connectivity index (χ0n) is 20.5. The van der Waals surface area contributed by atoms with E-state index in [0.717, 1.165) is 0 Å². The van der Waals surface area contributed by atoms with Crippen LogP contribution in [0, 0.1) is 0 Å². The minimum atomic E-state index is -0.782. The van der Waals surface area contributed by atoms with Gasteiger partial charge < -0.3 is 37.7 Å². The van der Waals surface area contributed by atoms with Gasteiger partial charge in [0, 0.05) is 17.9 Å². The number of aromatic nitrogens is 2. The highest BCUT2D eigenvalue weighted by Gasteiger charge is 2.60. The van der Waals surface area contributed by atoms with Gasteiger partial charge in [-0.25, -0.2) is 9.97 Å². The van der Waals surface area contributed by atoms with E-state index in [1.807, 2.05) is 55.4 Å². The van der Waals surface area contributed by atoms with Crippen molar-refractivity contribution in [1.29, 1.82) is 0 Å². The molecule has 5 rings (SSSR count). The fraction of sp³-hybridized carbons (Fsp3) is 0.818. The van der Waals surface area contributed by atoms with Gasteiger partial charge in [-0.1, -0.05) is 0 Å². The van der Waals surface area contributed by atoms with E-state index in [4.69, 9.17) is 37.7 Å². The van der Waals surface area contributed by atoms with Gasteiger partial charge in [-0.05, 0) is 55.4 Å². The topological polar surface area (TPSA) is 99.6 Å². The molecule has 1 aromatic heterocycles. The Balaban J connectivity index is 1.33. The lowest BCUT2D eigenvalue weighted by molar-refractivity contribution is -0.230. The Hall–Kier alpha value is -1.34. The third kappa shape index (κ3) is 4.29. The molecule has 182 valence electrons. The Morgan fingerprint density at radius 3 is 2.06 bits per heavy atom. The molecule has 0 saturated carbocycles. The van der Waals surface area contributed by atoms with Crippen molar-refractivity contribution in [1.82, 2.24) is 9.97 Å². The van der Waals surface area contributed by atoms with Crippen LogP contribution in [0.3, 0.4) is 0 Å². The normalized spacial score (nSPS) is 37.9. The van der Waals surface area contributed by atoms with E-state index in [9.17, 15) is 0 Å². The molecule has 0 amide bonds. The van der Waals surface area contributed by atoms with Crippen molar-refractivity contribution < 1.29 is 37.7 Å². The quantitative estimate of drug-likeness (QED) is 0.611. The van der Waals surface area contributed by atoms with Crippen molar-refractivity contribution in [2.45, 2.75) is 109 Å². The second-order valence-electron chi connectivity index (χ2n) is 10.9. The Kier molecular flexibility index (Phi) is 5.38. The summed E-state index contributed by atoms with van der Waals surface area (Å²) in [6.07, 6.45) is 0.929. The molecule has 0 radical (unpaired) electrons. The Morgan fingerprint density at radius 2 is 1.48 bits per heavy atom. The second-order valence-corrected chi connectivity index (χ2v) is 10.9. The van der Waals surface area contributed by atoms with E-state index in [-0.39, 0.29) is 12.1 Å². The number of hydrogen-bond donors (Lipinski definition) is 0. The highest BCUT2D eigenvalue weighted by molar-refractivity contribution is 6.61. The van der Waals surface area contributed by atoms with Crippen molar-refractivity contribution in [3.8, 4) is 6.01 Å². The van der Waals surface area contributed by atoms with E-state index in [2.05, 4.69) is 9.97 Å². The summed E-state index contributed by atoms with van der Waals surface area (Å²) in [6, 6.07) is 0.195. The van der Waals surface area contributed by atoms with Gasteiger partial charge in [0.15, 0.2) is 30.1 Å². The molecule has 5 atom stereocenters. The molecule has 1 unspecified atom stereocenters. The number of hydrogen-bond acceptors (Lipinski definition) is 10. The Labute approximate surface area is 194 Å². The minimum Gasteiger partial charge on any atom is -0.454 e. The molecule has 0 aliphatic carbocycles. The molecule has 1 aromatic rings. The average molecular weight is 464 g/mol. The smallest absolute Gasteiger partial charge is 0.454 e. The summed E-state index contributed by atoms with van der Waals surface area (Å²) in [4.78, 5) is 8.81. The molecular formula is C22H33BN2O8. The highest BCUT2D eigenvalue weighted by atomic mass is 16.8. The molecule has 0 bridgehead atoms. The second kappa shape index (κ2) is 7.58. The maximum absolute atomic E-state index is 6.21. The number of fused-ring (bicyclic) bond motifs is 1. The summed E-state index contributed by atoms with van der Waals surface area (Å²) in [5.74, 6) is -1.48. The van der Waals surface area contributed by atoms with Gasteiger partial charge in [0.05, 0.1) is 17.8 Å². The molecule has 5 heterocycles. The molecule has 0 spiro atoms. The monoisotopic (exact) mass is 464 g/mol. The first-order chi connectivity index (χ1) is 15.3. The SMILES string of the molecule is CC1(C)OCC([C@H]2O[C@@H]3OC(C)(C)O[C@@H]3[C@H]2Oc2ncc(B3OC(C)(C)C(C)(C)O3)cn2)O1. The highest BCUT2D eigenvalue weighted by Crippen LogP contribution is 2.42. The summed E-state index contributed by atoms with van der Waals surface area (Å²) in [5, 5.41) is 0. The van der Waals surface area contributed by atoms with Crippen LogP contribution in [-0.2, 0) is 33.0 Å². The largest absolute Gasteiger partial charge is 0.498 e. The third-order valence-electron chi connectivity index (χ3n) is 6.84. The lowest BCUT2D eigenvalue weighted by Crippen LogP contribution is -2.46.